The highest BCUT2D eigenvalue weighted by Gasteiger charge is 2.35. The molecule has 0 spiro atoms. The molecular formula is C17H24BrNO2. The summed E-state index contributed by atoms with van der Waals surface area (Å²) in [5.41, 5.74) is 1.68. The molecule has 1 aromatic rings. The van der Waals surface area contributed by atoms with E-state index >= 15 is 0 Å². The van der Waals surface area contributed by atoms with Crippen molar-refractivity contribution < 1.29 is 9.53 Å². The molecule has 4 heteroatoms. The third kappa shape index (κ3) is 3.86. The maximum atomic E-state index is 12.5. The summed E-state index contributed by atoms with van der Waals surface area (Å²) in [5.74, 6) is 0.0156. The van der Waals surface area contributed by atoms with Gasteiger partial charge in [-0.2, -0.15) is 0 Å². The van der Waals surface area contributed by atoms with Crippen molar-refractivity contribution in [3.63, 3.8) is 0 Å². The second-order valence-electron chi connectivity index (χ2n) is 5.86. The number of ether oxygens (including phenoxy) is 1. The highest BCUT2D eigenvalue weighted by atomic mass is 79.9. The number of carbonyl (C=O) groups is 1. The lowest BCUT2D eigenvalue weighted by Gasteiger charge is -2.40. The van der Waals surface area contributed by atoms with Crippen LogP contribution in [0, 0.1) is 6.92 Å². The van der Waals surface area contributed by atoms with E-state index in [2.05, 4.69) is 35.1 Å². The normalized spacial score (nSPS) is 21.0. The van der Waals surface area contributed by atoms with Gasteiger partial charge in [0.25, 0.3) is 5.91 Å². The van der Waals surface area contributed by atoms with Crippen LogP contribution in [0.1, 0.15) is 55.5 Å². The molecule has 1 amide bonds. The Morgan fingerprint density at radius 2 is 2.14 bits per heavy atom. The van der Waals surface area contributed by atoms with E-state index in [1.807, 2.05) is 25.1 Å². The molecule has 1 aliphatic rings. The minimum absolute atomic E-state index is 0.0156. The van der Waals surface area contributed by atoms with Crippen LogP contribution in [0.25, 0.3) is 0 Å². The maximum Gasteiger partial charge on any atom is 0.251 e. The molecule has 116 valence electrons. The van der Waals surface area contributed by atoms with E-state index in [1.165, 1.54) is 0 Å². The van der Waals surface area contributed by atoms with Crippen LogP contribution in [-0.4, -0.2) is 24.2 Å². The molecule has 1 unspecified atom stereocenters. The molecule has 21 heavy (non-hydrogen) atoms. The summed E-state index contributed by atoms with van der Waals surface area (Å²) in [4.78, 5) is 12.5. The van der Waals surface area contributed by atoms with Crippen molar-refractivity contribution >= 4 is 21.8 Å². The first-order chi connectivity index (χ1) is 9.99. The fraction of sp³-hybridized carbons (Fsp3) is 0.588. The van der Waals surface area contributed by atoms with Crippen LogP contribution in [-0.2, 0) is 4.74 Å². The van der Waals surface area contributed by atoms with Crippen LogP contribution >= 0.6 is 15.9 Å². The molecular weight excluding hydrogens is 330 g/mol. The fourth-order valence-electron chi connectivity index (χ4n) is 3.00. The van der Waals surface area contributed by atoms with Crippen molar-refractivity contribution in [3.8, 4) is 0 Å². The molecule has 0 saturated carbocycles. The SMILES string of the molecule is CCC1(CC)CC(NC(=O)c2cc(Br)ccc2C)CCO1. The number of amides is 1. The molecule has 3 nitrogen and oxygen atoms in total. The Kier molecular flexibility index (Phi) is 5.44. The van der Waals surface area contributed by atoms with Crippen LogP contribution in [0.5, 0.6) is 0 Å². The second-order valence-corrected chi connectivity index (χ2v) is 6.78. The quantitative estimate of drug-likeness (QED) is 0.879. The lowest BCUT2D eigenvalue weighted by molar-refractivity contribution is -0.0917. The Hall–Kier alpha value is -0.870. The van der Waals surface area contributed by atoms with Gasteiger partial charge in [-0.25, -0.2) is 0 Å². The van der Waals surface area contributed by atoms with Gasteiger partial charge in [-0.3, -0.25) is 4.79 Å². The predicted molar refractivity (Wildman–Crippen MR) is 88.6 cm³/mol. The molecule has 1 aliphatic heterocycles. The van der Waals surface area contributed by atoms with Crippen LogP contribution in [0.4, 0.5) is 0 Å². The van der Waals surface area contributed by atoms with Crippen LogP contribution in [0.2, 0.25) is 0 Å². The Labute approximate surface area is 135 Å². The van der Waals surface area contributed by atoms with E-state index < -0.39 is 0 Å². The topological polar surface area (TPSA) is 38.3 Å². The number of hydrogen-bond donors (Lipinski definition) is 1. The average molecular weight is 354 g/mol. The van der Waals surface area contributed by atoms with Crippen LogP contribution < -0.4 is 5.32 Å². The lowest BCUT2D eigenvalue weighted by Crippen LogP contribution is -2.48. The molecule has 0 aliphatic carbocycles. The van der Waals surface area contributed by atoms with Crippen molar-refractivity contribution in [2.45, 2.75) is 58.1 Å². The van der Waals surface area contributed by atoms with Crippen molar-refractivity contribution in [1.29, 1.82) is 0 Å². The van der Waals surface area contributed by atoms with Gasteiger partial charge in [-0.1, -0.05) is 35.8 Å². The minimum Gasteiger partial charge on any atom is -0.375 e. The van der Waals surface area contributed by atoms with Gasteiger partial charge in [0.2, 0.25) is 0 Å². The van der Waals surface area contributed by atoms with Gasteiger partial charge in [0, 0.05) is 22.7 Å². The van der Waals surface area contributed by atoms with Gasteiger partial charge in [-0.15, -0.1) is 0 Å². The zero-order chi connectivity index (χ0) is 15.5. The molecule has 0 aromatic heterocycles. The zero-order valence-corrected chi connectivity index (χ0v) is 14.6. The molecule has 1 N–H and O–H groups in total. The third-order valence-corrected chi connectivity index (χ3v) is 5.05. The predicted octanol–water partition coefficient (Wildman–Crippen LogP) is 4.23. The first kappa shape index (κ1) is 16.5. The molecule has 1 aromatic carbocycles. The van der Waals surface area contributed by atoms with E-state index in [9.17, 15) is 4.79 Å². The Morgan fingerprint density at radius 1 is 1.43 bits per heavy atom. The van der Waals surface area contributed by atoms with E-state index in [0.717, 1.165) is 47.9 Å². The molecule has 1 heterocycles. The van der Waals surface area contributed by atoms with Crippen molar-refractivity contribution in [2.75, 3.05) is 6.61 Å². The number of benzene rings is 1. The fourth-order valence-corrected chi connectivity index (χ4v) is 3.36. The monoisotopic (exact) mass is 353 g/mol. The van der Waals surface area contributed by atoms with E-state index in [4.69, 9.17) is 4.74 Å². The lowest BCUT2D eigenvalue weighted by atomic mass is 9.86. The van der Waals surface area contributed by atoms with Gasteiger partial charge in [-0.05, 0) is 50.3 Å². The third-order valence-electron chi connectivity index (χ3n) is 4.56. The molecule has 1 fully saturated rings. The standard InChI is InChI=1S/C17H24BrNO2/c1-4-17(5-2)11-14(8-9-21-17)19-16(20)15-10-13(18)7-6-12(15)3/h6-7,10,14H,4-5,8-9,11H2,1-3H3,(H,19,20). The summed E-state index contributed by atoms with van der Waals surface area (Å²) < 4.78 is 6.90. The largest absolute Gasteiger partial charge is 0.375 e. The van der Waals surface area contributed by atoms with Crippen LogP contribution in [0.3, 0.4) is 0 Å². The Bertz CT molecular complexity index is 512. The van der Waals surface area contributed by atoms with Gasteiger partial charge in [0.15, 0.2) is 0 Å². The number of hydrogen-bond acceptors (Lipinski definition) is 2. The average Bonchev–Trinajstić information content (AvgIpc) is 2.49. The molecule has 0 bridgehead atoms. The second kappa shape index (κ2) is 6.93. The van der Waals surface area contributed by atoms with E-state index in [-0.39, 0.29) is 17.6 Å². The van der Waals surface area contributed by atoms with E-state index in [0.29, 0.717) is 0 Å². The number of rotatable bonds is 4. The summed E-state index contributed by atoms with van der Waals surface area (Å²) in [5, 5.41) is 3.19. The van der Waals surface area contributed by atoms with Gasteiger partial charge < -0.3 is 10.1 Å². The van der Waals surface area contributed by atoms with Gasteiger partial charge in [0.05, 0.1) is 5.60 Å². The first-order valence-electron chi connectivity index (χ1n) is 7.70. The smallest absolute Gasteiger partial charge is 0.251 e. The van der Waals surface area contributed by atoms with Gasteiger partial charge in [0.1, 0.15) is 0 Å². The number of carbonyl (C=O) groups excluding carboxylic acids is 1. The van der Waals surface area contributed by atoms with Crippen molar-refractivity contribution in [3.05, 3.63) is 33.8 Å². The Morgan fingerprint density at radius 3 is 2.81 bits per heavy atom. The molecule has 2 rings (SSSR count). The molecule has 1 atom stereocenters. The summed E-state index contributed by atoms with van der Waals surface area (Å²) in [7, 11) is 0. The summed E-state index contributed by atoms with van der Waals surface area (Å²) in [6.07, 6.45) is 3.77. The Balaban J connectivity index is 2.07. The number of halogens is 1. The van der Waals surface area contributed by atoms with Crippen molar-refractivity contribution in [1.82, 2.24) is 5.32 Å². The minimum atomic E-state index is -0.0670. The number of nitrogens with one attached hydrogen (secondary N) is 1. The van der Waals surface area contributed by atoms with Crippen LogP contribution in [0.15, 0.2) is 22.7 Å². The van der Waals surface area contributed by atoms with E-state index in [1.54, 1.807) is 0 Å². The first-order valence-corrected chi connectivity index (χ1v) is 8.50. The summed E-state index contributed by atoms with van der Waals surface area (Å²) in [6, 6.07) is 6.01. The summed E-state index contributed by atoms with van der Waals surface area (Å²) >= 11 is 3.43. The molecule has 1 saturated heterocycles. The maximum absolute atomic E-state index is 12.5. The summed E-state index contributed by atoms with van der Waals surface area (Å²) in [6.45, 7) is 7.01. The van der Waals surface area contributed by atoms with Crippen molar-refractivity contribution in [2.24, 2.45) is 0 Å². The highest BCUT2D eigenvalue weighted by Crippen LogP contribution is 2.31. The highest BCUT2D eigenvalue weighted by molar-refractivity contribution is 9.10. The van der Waals surface area contributed by atoms with Gasteiger partial charge >= 0.3 is 0 Å². The molecule has 0 radical (unpaired) electrons. The zero-order valence-electron chi connectivity index (χ0n) is 13.0. The number of aryl methyl sites for hydroxylation is 1.